The third-order valence-corrected chi connectivity index (χ3v) is 7.62. The molecule has 0 saturated heterocycles. The van der Waals surface area contributed by atoms with Gasteiger partial charge in [-0.05, 0) is 99.0 Å². The van der Waals surface area contributed by atoms with E-state index in [0.29, 0.717) is 29.4 Å². The predicted octanol–water partition coefficient (Wildman–Crippen LogP) is 5.31. The van der Waals surface area contributed by atoms with Gasteiger partial charge in [-0.3, -0.25) is 9.52 Å². The average Bonchev–Trinajstić information content (AvgIpc) is 3.14. The molecule has 4 rings (SSSR count). The summed E-state index contributed by atoms with van der Waals surface area (Å²) in [5.41, 5.74) is 3.06. The molecule has 0 unspecified atom stereocenters. The highest BCUT2D eigenvalue weighted by Crippen LogP contribution is 2.34. The van der Waals surface area contributed by atoms with E-state index in [1.807, 2.05) is 32.0 Å². The highest BCUT2D eigenvalue weighted by molar-refractivity contribution is 9.10. The zero-order chi connectivity index (χ0) is 25.2. The first-order valence-electron chi connectivity index (χ1n) is 11.3. The highest BCUT2D eigenvalue weighted by atomic mass is 79.9. The molecule has 3 aromatic rings. The Labute approximate surface area is 214 Å². The molecule has 1 aliphatic heterocycles. The number of halogens is 1. The SMILES string of the molecule is CCOc1ccc(NS(=O)(=O)c2ccc(OCC(=O)N3c4ccc(Br)cc4C[C@H]3C)c(C)c2)cc1. The lowest BCUT2D eigenvalue weighted by Crippen LogP contribution is -2.39. The largest absolute Gasteiger partial charge is 0.494 e. The fourth-order valence-corrected chi connectivity index (χ4v) is 5.69. The van der Waals surface area contributed by atoms with Crippen molar-refractivity contribution in [2.24, 2.45) is 0 Å². The summed E-state index contributed by atoms with van der Waals surface area (Å²) < 4.78 is 40.4. The van der Waals surface area contributed by atoms with E-state index >= 15 is 0 Å². The number of benzene rings is 3. The van der Waals surface area contributed by atoms with Gasteiger partial charge in [0.1, 0.15) is 11.5 Å². The topological polar surface area (TPSA) is 84.9 Å². The molecule has 0 radical (unpaired) electrons. The van der Waals surface area contributed by atoms with Crippen LogP contribution in [0.3, 0.4) is 0 Å². The minimum atomic E-state index is -3.79. The van der Waals surface area contributed by atoms with Crippen molar-refractivity contribution in [3.05, 3.63) is 76.3 Å². The maximum atomic E-state index is 13.0. The summed E-state index contributed by atoms with van der Waals surface area (Å²) in [6, 6.07) is 17.2. The summed E-state index contributed by atoms with van der Waals surface area (Å²) in [6.45, 7) is 6.03. The Morgan fingerprint density at radius 3 is 2.51 bits per heavy atom. The van der Waals surface area contributed by atoms with Crippen LogP contribution >= 0.6 is 15.9 Å². The quantitative estimate of drug-likeness (QED) is 0.404. The lowest BCUT2D eigenvalue weighted by atomic mass is 10.1. The van der Waals surface area contributed by atoms with Crippen LogP contribution in [-0.2, 0) is 21.2 Å². The Bertz CT molecular complexity index is 1340. The molecule has 3 aromatic carbocycles. The molecule has 7 nitrogen and oxygen atoms in total. The van der Waals surface area contributed by atoms with E-state index in [2.05, 4.69) is 20.7 Å². The van der Waals surface area contributed by atoms with Crippen molar-refractivity contribution in [2.45, 2.75) is 38.1 Å². The molecule has 184 valence electrons. The van der Waals surface area contributed by atoms with Gasteiger partial charge in [0.15, 0.2) is 6.61 Å². The first-order chi connectivity index (χ1) is 16.7. The zero-order valence-electron chi connectivity index (χ0n) is 19.7. The minimum absolute atomic E-state index is 0.0395. The van der Waals surface area contributed by atoms with Crippen LogP contribution in [0.4, 0.5) is 11.4 Å². The molecule has 0 fully saturated rings. The second kappa shape index (κ2) is 10.3. The number of carbonyl (C=O) groups excluding carboxylic acids is 1. The van der Waals surface area contributed by atoms with Crippen molar-refractivity contribution in [1.29, 1.82) is 0 Å². The van der Waals surface area contributed by atoms with Crippen molar-refractivity contribution in [3.63, 3.8) is 0 Å². The molecule has 35 heavy (non-hydrogen) atoms. The van der Waals surface area contributed by atoms with Gasteiger partial charge in [-0.2, -0.15) is 0 Å². The van der Waals surface area contributed by atoms with Gasteiger partial charge < -0.3 is 14.4 Å². The molecule has 0 bridgehead atoms. The van der Waals surface area contributed by atoms with Gasteiger partial charge in [-0.25, -0.2) is 8.42 Å². The number of fused-ring (bicyclic) bond motifs is 1. The van der Waals surface area contributed by atoms with Crippen LogP contribution in [0.25, 0.3) is 0 Å². The van der Waals surface area contributed by atoms with Crippen molar-refractivity contribution < 1.29 is 22.7 Å². The molecule has 0 aliphatic carbocycles. The number of rotatable bonds is 8. The fourth-order valence-electron chi connectivity index (χ4n) is 4.14. The van der Waals surface area contributed by atoms with Crippen molar-refractivity contribution in [1.82, 2.24) is 0 Å². The van der Waals surface area contributed by atoms with Crippen LogP contribution in [0, 0.1) is 6.92 Å². The number of amides is 1. The van der Waals surface area contributed by atoms with Crippen molar-refractivity contribution in [2.75, 3.05) is 22.8 Å². The molecule has 9 heteroatoms. The summed E-state index contributed by atoms with van der Waals surface area (Å²) in [6.07, 6.45) is 0.785. The number of nitrogens with zero attached hydrogens (tertiary/aromatic N) is 1. The number of hydrogen-bond donors (Lipinski definition) is 1. The van der Waals surface area contributed by atoms with Gasteiger partial charge in [-0.1, -0.05) is 15.9 Å². The monoisotopic (exact) mass is 558 g/mol. The molecule has 1 amide bonds. The van der Waals surface area contributed by atoms with Gasteiger partial charge in [0.2, 0.25) is 0 Å². The normalized spacial score (nSPS) is 15.0. The van der Waals surface area contributed by atoms with E-state index < -0.39 is 10.0 Å². The standard InChI is InChI=1S/C26H27BrN2O5S/c1-4-33-22-8-6-21(7-9-22)28-35(31,32)23-10-12-25(17(2)13-23)34-16-26(30)29-18(3)14-19-15-20(27)5-11-24(19)29/h5-13,15,18,28H,4,14,16H2,1-3H3/t18-/m1/s1. The van der Waals surface area contributed by atoms with E-state index in [4.69, 9.17) is 9.47 Å². The smallest absolute Gasteiger partial charge is 0.265 e. The summed E-state index contributed by atoms with van der Waals surface area (Å²) >= 11 is 3.48. The van der Waals surface area contributed by atoms with Crippen LogP contribution in [0.2, 0.25) is 0 Å². The number of nitrogens with one attached hydrogen (secondary N) is 1. The number of ether oxygens (including phenoxy) is 2. The van der Waals surface area contributed by atoms with E-state index in [9.17, 15) is 13.2 Å². The molecule has 1 N–H and O–H groups in total. The maximum Gasteiger partial charge on any atom is 0.265 e. The molecule has 0 aromatic heterocycles. The van der Waals surface area contributed by atoms with Crippen molar-refractivity contribution in [3.8, 4) is 11.5 Å². The number of anilines is 2. The Morgan fingerprint density at radius 2 is 1.83 bits per heavy atom. The molecule has 0 saturated carbocycles. The van der Waals surface area contributed by atoms with Crippen LogP contribution in [0.5, 0.6) is 11.5 Å². The first-order valence-corrected chi connectivity index (χ1v) is 13.5. The Kier molecular flexibility index (Phi) is 7.37. The zero-order valence-corrected chi connectivity index (χ0v) is 22.1. The van der Waals surface area contributed by atoms with Crippen LogP contribution < -0.4 is 19.1 Å². The molecular weight excluding hydrogens is 532 g/mol. The third kappa shape index (κ3) is 5.62. The van der Waals surface area contributed by atoms with Crippen LogP contribution in [-0.4, -0.2) is 33.6 Å². The lowest BCUT2D eigenvalue weighted by Gasteiger charge is -2.23. The van der Waals surface area contributed by atoms with Crippen molar-refractivity contribution >= 4 is 43.2 Å². The molecule has 1 heterocycles. The highest BCUT2D eigenvalue weighted by Gasteiger charge is 2.31. The van der Waals surface area contributed by atoms with E-state index in [1.165, 1.54) is 12.1 Å². The van der Waals surface area contributed by atoms with Gasteiger partial charge >= 0.3 is 0 Å². The van der Waals surface area contributed by atoms with Gasteiger partial charge in [-0.15, -0.1) is 0 Å². The summed E-state index contributed by atoms with van der Waals surface area (Å²) in [5, 5.41) is 0. The van der Waals surface area contributed by atoms with Gasteiger partial charge in [0, 0.05) is 21.9 Å². The number of carbonyl (C=O) groups is 1. The number of hydrogen-bond acceptors (Lipinski definition) is 5. The average molecular weight is 559 g/mol. The van der Waals surface area contributed by atoms with Crippen LogP contribution in [0.1, 0.15) is 25.0 Å². The molecule has 1 atom stereocenters. The Morgan fingerprint density at radius 1 is 1.09 bits per heavy atom. The predicted molar refractivity (Wildman–Crippen MR) is 140 cm³/mol. The van der Waals surface area contributed by atoms with Gasteiger partial charge in [0.05, 0.1) is 11.5 Å². The van der Waals surface area contributed by atoms with E-state index in [-0.39, 0.29) is 23.5 Å². The molecule has 0 spiro atoms. The van der Waals surface area contributed by atoms with Gasteiger partial charge in [0.25, 0.3) is 15.9 Å². The summed E-state index contributed by atoms with van der Waals surface area (Å²) in [5.74, 6) is 0.982. The minimum Gasteiger partial charge on any atom is -0.494 e. The van der Waals surface area contributed by atoms with Crippen LogP contribution in [0.15, 0.2) is 70.0 Å². The Balaban J connectivity index is 1.42. The maximum absolute atomic E-state index is 13.0. The number of sulfonamides is 1. The second-order valence-corrected chi connectivity index (χ2v) is 11.0. The van der Waals surface area contributed by atoms with E-state index in [1.54, 1.807) is 42.2 Å². The Hall–Kier alpha value is -3.04. The van der Waals surface area contributed by atoms with E-state index in [0.717, 1.165) is 22.1 Å². The number of aryl methyl sites for hydroxylation is 1. The lowest BCUT2D eigenvalue weighted by molar-refractivity contribution is -0.120. The fraction of sp³-hybridized carbons (Fsp3) is 0.269. The second-order valence-electron chi connectivity index (χ2n) is 8.37. The third-order valence-electron chi connectivity index (χ3n) is 5.75. The summed E-state index contributed by atoms with van der Waals surface area (Å²) in [7, 11) is -3.79. The first kappa shape index (κ1) is 25.1. The summed E-state index contributed by atoms with van der Waals surface area (Å²) in [4.78, 5) is 14.8. The molecule has 1 aliphatic rings. The molecular formula is C26H27BrN2O5S.